The molecule has 1 heterocycles. The highest BCUT2D eigenvalue weighted by molar-refractivity contribution is 9.10. The van der Waals surface area contributed by atoms with Crippen LogP contribution in [0.4, 0.5) is 5.69 Å². The van der Waals surface area contributed by atoms with Gasteiger partial charge in [-0.05, 0) is 22.0 Å². The lowest BCUT2D eigenvalue weighted by Gasteiger charge is -2.18. The highest BCUT2D eigenvalue weighted by atomic mass is 79.9. The Balaban J connectivity index is 2.83. The van der Waals surface area contributed by atoms with Crippen LogP contribution in [0.1, 0.15) is 29.5 Å². The van der Waals surface area contributed by atoms with Crippen molar-refractivity contribution in [3.05, 3.63) is 27.9 Å². The van der Waals surface area contributed by atoms with E-state index in [1.165, 1.54) is 13.1 Å². The maximum absolute atomic E-state index is 12.2. The topological polar surface area (TPSA) is 100 Å². The van der Waals surface area contributed by atoms with Gasteiger partial charge in [0.2, 0.25) is 15.2 Å². The lowest BCUT2D eigenvalue weighted by Crippen LogP contribution is -2.25. The highest BCUT2D eigenvalue weighted by Crippen LogP contribution is 2.37. The summed E-state index contributed by atoms with van der Waals surface area (Å²) in [4.78, 5) is 12.2. The molecular formula is C14H14BrClN2O5S. The number of hydrogen-bond acceptors (Lipinski definition) is 6. The number of ketones is 1. The van der Waals surface area contributed by atoms with Crippen molar-refractivity contribution in [3.8, 4) is 0 Å². The van der Waals surface area contributed by atoms with Gasteiger partial charge in [0.05, 0.1) is 17.5 Å². The standard InChI is InChI=1S/C14H14BrClN2O5S/c1-4-10(19)12-7-5-8(15)9(18(2)24(3,21)22)6-11(7)23-13(12)14(16)17-20/h5-6,20H,4H2,1-3H3/b17-14-. The molecule has 1 aromatic heterocycles. The fraction of sp³-hybridized carbons (Fsp3) is 0.286. The van der Waals surface area contributed by atoms with Gasteiger partial charge in [-0.3, -0.25) is 9.10 Å². The first kappa shape index (κ1) is 18.8. The summed E-state index contributed by atoms with van der Waals surface area (Å²) in [6, 6.07) is 3.04. The van der Waals surface area contributed by atoms with Crippen LogP contribution in [-0.4, -0.2) is 37.9 Å². The van der Waals surface area contributed by atoms with Crippen LogP contribution in [0, 0.1) is 0 Å². The highest BCUT2D eigenvalue weighted by Gasteiger charge is 2.25. The van der Waals surface area contributed by atoms with E-state index >= 15 is 0 Å². The predicted octanol–water partition coefficient (Wildman–Crippen LogP) is 3.56. The largest absolute Gasteiger partial charge is 0.452 e. The molecule has 0 amide bonds. The Morgan fingerprint density at radius 1 is 1.46 bits per heavy atom. The van der Waals surface area contributed by atoms with E-state index in [1.54, 1.807) is 13.0 Å². The average Bonchev–Trinajstić information content (AvgIpc) is 2.89. The van der Waals surface area contributed by atoms with E-state index < -0.39 is 10.0 Å². The van der Waals surface area contributed by atoms with Crippen molar-refractivity contribution in [3.63, 3.8) is 0 Å². The first-order valence-corrected chi connectivity index (χ1v) is 9.74. The third-order valence-electron chi connectivity index (χ3n) is 3.47. The maximum Gasteiger partial charge on any atom is 0.232 e. The molecule has 0 saturated heterocycles. The smallest absolute Gasteiger partial charge is 0.232 e. The van der Waals surface area contributed by atoms with E-state index in [0.29, 0.717) is 15.5 Å². The van der Waals surface area contributed by atoms with Crippen molar-refractivity contribution >= 4 is 65.2 Å². The lowest BCUT2D eigenvalue weighted by molar-refractivity contribution is 0.0988. The van der Waals surface area contributed by atoms with E-state index in [2.05, 4.69) is 21.1 Å². The van der Waals surface area contributed by atoms with E-state index in [9.17, 15) is 13.2 Å². The number of oxime groups is 1. The van der Waals surface area contributed by atoms with Crippen LogP contribution >= 0.6 is 27.5 Å². The molecule has 0 bridgehead atoms. The molecule has 130 valence electrons. The number of fused-ring (bicyclic) bond motifs is 1. The summed E-state index contributed by atoms with van der Waals surface area (Å²) in [5, 5.41) is 11.8. The number of anilines is 1. The minimum Gasteiger partial charge on any atom is -0.452 e. The van der Waals surface area contributed by atoms with Gasteiger partial charge in [0.15, 0.2) is 11.5 Å². The molecule has 0 radical (unpaired) electrons. The second-order valence-electron chi connectivity index (χ2n) is 5.00. The number of sulfonamides is 1. The summed E-state index contributed by atoms with van der Waals surface area (Å²) in [6.07, 6.45) is 1.26. The summed E-state index contributed by atoms with van der Waals surface area (Å²) in [5.41, 5.74) is 0.764. The molecule has 1 N–H and O–H groups in total. The van der Waals surface area contributed by atoms with Crippen molar-refractivity contribution in [2.45, 2.75) is 13.3 Å². The Morgan fingerprint density at radius 2 is 2.08 bits per heavy atom. The monoisotopic (exact) mass is 436 g/mol. The molecule has 0 saturated carbocycles. The molecule has 0 aliphatic rings. The van der Waals surface area contributed by atoms with E-state index in [-0.39, 0.29) is 34.3 Å². The average molecular weight is 438 g/mol. The predicted molar refractivity (Wildman–Crippen MR) is 96.0 cm³/mol. The quantitative estimate of drug-likeness (QED) is 0.334. The zero-order valence-corrected chi connectivity index (χ0v) is 16.2. The number of benzene rings is 1. The first-order chi connectivity index (χ1) is 11.1. The van der Waals surface area contributed by atoms with Crippen molar-refractivity contribution in [2.24, 2.45) is 5.16 Å². The van der Waals surface area contributed by atoms with Gasteiger partial charge < -0.3 is 9.62 Å². The molecule has 2 rings (SSSR count). The third-order valence-corrected chi connectivity index (χ3v) is 5.54. The number of nitrogens with zero attached hydrogens (tertiary/aromatic N) is 2. The number of carbonyl (C=O) groups excluding carboxylic acids is 1. The zero-order valence-electron chi connectivity index (χ0n) is 13.0. The molecule has 0 aliphatic carbocycles. The fourth-order valence-electron chi connectivity index (χ4n) is 2.17. The summed E-state index contributed by atoms with van der Waals surface area (Å²) >= 11 is 9.13. The zero-order chi connectivity index (χ0) is 18.2. The van der Waals surface area contributed by atoms with Crippen LogP contribution < -0.4 is 4.31 Å². The third kappa shape index (κ3) is 3.28. The first-order valence-electron chi connectivity index (χ1n) is 6.72. The summed E-state index contributed by atoms with van der Waals surface area (Å²) in [7, 11) is -2.09. The number of halogens is 2. The Bertz CT molecular complexity index is 952. The number of rotatable bonds is 5. The van der Waals surface area contributed by atoms with Crippen molar-refractivity contribution in [2.75, 3.05) is 17.6 Å². The van der Waals surface area contributed by atoms with Crippen LogP contribution in [0.25, 0.3) is 11.0 Å². The SMILES string of the molecule is CCC(=O)c1c(/C(Cl)=N/O)oc2cc(N(C)S(C)(=O)=O)c(Br)cc12. The van der Waals surface area contributed by atoms with Crippen molar-refractivity contribution in [1.29, 1.82) is 0 Å². The van der Waals surface area contributed by atoms with Crippen LogP contribution in [0.5, 0.6) is 0 Å². The molecule has 0 aliphatic heterocycles. The van der Waals surface area contributed by atoms with Gasteiger partial charge >= 0.3 is 0 Å². The van der Waals surface area contributed by atoms with Crippen molar-refractivity contribution in [1.82, 2.24) is 0 Å². The molecule has 0 fully saturated rings. The Morgan fingerprint density at radius 3 is 2.58 bits per heavy atom. The van der Waals surface area contributed by atoms with Crippen molar-refractivity contribution < 1.29 is 22.8 Å². The molecule has 24 heavy (non-hydrogen) atoms. The summed E-state index contributed by atoms with van der Waals surface area (Å²) in [6.45, 7) is 1.68. The van der Waals surface area contributed by atoms with E-state index in [1.807, 2.05) is 0 Å². The molecular weight excluding hydrogens is 424 g/mol. The van der Waals surface area contributed by atoms with E-state index in [4.69, 9.17) is 21.2 Å². The number of carbonyl (C=O) groups is 1. The van der Waals surface area contributed by atoms with Gasteiger partial charge in [-0.1, -0.05) is 23.7 Å². The maximum atomic E-state index is 12.2. The number of furan rings is 1. The number of Topliss-reactive ketones (excluding diaryl/α,β-unsaturated/α-hetero) is 1. The van der Waals surface area contributed by atoms with Gasteiger partial charge in [0.25, 0.3) is 0 Å². The van der Waals surface area contributed by atoms with Gasteiger partial charge in [0.1, 0.15) is 5.58 Å². The molecule has 1 aromatic carbocycles. The van der Waals surface area contributed by atoms with E-state index in [0.717, 1.165) is 10.6 Å². The molecule has 0 atom stereocenters. The second-order valence-corrected chi connectivity index (χ2v) is 8.23. The van der Waals surface area contributed by atoms with Gasteiger partial charge in [-0.2, -0.15) is 0 Å². The second kappa shape index (κ2) is 6.73. The fourth-order valence-corrected chi connectivity index (χ4v) is 3.54. The minimum atomic E-state index is -3.49. The normalized spacial score (nSPS) is 12.6. The van der Waals surface area contributed by atoms with Gasteiger partial charge in [0, 0.05) is 29.4 Å². The Kier molecular flexibility index (Phi) is 5.26. The molecule has 0 unspecified atom stereocenters. The van der Waals surface area contributed by atoms with Crippen LogP contribution in [0.2, 0.25) is 0 Å². The van der Waals surface area contributed by atoms with Crippen LogP contribution in [0.15, 0.2) is 26.2 Å². The Hall–Kier alpha value is -1.58. The molecule has 7 nitrogen and oxygen atoms in total. The van der Waals surface area contributed by atoms with Crippen LogP contribution in [-0.2, 0) is 10.0 Å². The lowest BCUT2D eigenvalue weighted by atomic mass is 10.0. The summed E-state index contributed by atoms with van der Waals surface area (Å²) in [5.74, 6) is -0.311. The molecule has 10 heteroatoms. The van der Waals surface area contributed by atoms with Gasteiger partial charge in [-0.15, -0.1) is 0 Å². The minimum absolute atomic E-state index is 0.0629. The number of hydrogen-bond donors (Lipinski definition) is 1. The van der Waals surface area contributed by atoms with Crippen LogP contribution in [0.3, 0.4) is 0 Å². The molecule has 0 spiro atoms. The molecule has 2 aromatic rings. The Labute approximate surface area is 152 Å². The summed E-state index contributed by atoms with van der Waals surface area (Å²) < 4.78 is 30.6. The van der Waals surface area contributed by atoms with Gasteiger partial charge in [-0.25, -0.2) is 8.42 Å².